The molecule has 0 aromatic carbocycles. The molecule has 2 heterocycles. The van der Waals surface area contributed by atoms with Gasteiger partial charge in [0, 0.05) is 26.1 Å². The fourth-order valence-electron chi connectivity index (χ4n) is 2.37. The van der Waals surface area contributed by atoms with E-state index in [9.17, 15) is 14.2 Å². The monoisotopic (exact) mass is 373 g/mol. The smallest absolute Gasteiger partial charge is 0.326 e. The van der Waals surface area contributed by atoms with E-state index in [2.05, 4.69) is 15.0 Å². The van der Waals surface area contributed by atoms with Crippen LogP contribution >= 0.6 is 7.60 Å². The van der Waals surface area contributed by atoms with Gasteiger partial charge in [0.05, 0.1) is 18.8 Å². The second-order valence-electron chi connectivity index (χ2n) is 5.57. The molecule has 0 fully saturated rings. The van der Waals surface area contributed by atoms with Crippen LogP contribution < -0.4 is 5.56 Å². The molecular weight excluding hydrogens is 353 g/mol. The summed E-state index contributed by atoms with van der Waals surface area (Å²) in [5.74, 6) is -0.918. The average molecular weight is 373 g/mol. The third-order valence-corrected chi connectivity index (χ3v) is 4.42. The van der Waals surface area contributed by atoms with Crippen LogP contribution in [0.4, 0.5) is 0 Å². The van der Waals surface area contributed by atoms with Crippen molar-refractivity contribution < 1.29 is 24.3 Å². The number of carboxylic acid groups (broad SMARTS) is 1. The Balaban J connectivity index is 2.01. The Morgan fingerprint density at radius 1 is 1.28 bits per heavy atom. The molecule has 0 aliphatic rings. The molecule has 138 valence electrons. The molecule has 0 saturated heterocycles. The van der Waals surface area contributed by atoms with Crippen molar-refractivity contribution in [3.05, 3.63) is 23.0 Å². The molecule has 0 unspecified atom stereocenters. The summed E-state index contributed by atoms with van der Waals surface area (Å²) in [7, 11) is -4.14. The predicted molar refractivity (Wildman–Crippen MR) is 88.4 cm³/mol. The molecule has 0 amide bonds. The summed E-state index contributed by atoms with van der Waals surface area (Å²) in [6, 6.07) is 0. The van der Waals surface area contributed by atoms with E-state index in [4.69, 9.17) is 14.9 Å². The minimum atomic E-state index is -4.14. The summed E-state index contributed by atoms with van der Waals surface area (Å²) in [5, 5.41) is 8.71. The topological polar surface area (TPSA) is 162 Å². The minimum Gasteiger partial charge on any atom is -0.481 e. The van der Waals surface area contributed by atoms with Gasteiger partial charge in [0.15, 0.2) is 11.2 Å². The van der Waals surface area contributed by atoms with Crippen molar-refractivity contribution in [2.45, 2.75) is 19.4 Å². The first-order chi connectivity index (χ1) is 11.8. The third kappa shape index (κ3) is 6.05. The molecule has 12 heteroatoms. The lowest BCUT2D eigenvalue weighted by molar-refractivity contribution is -0.137. The Kier molecular flexibility index (Phi) is 6.43. The van der Waals surface area contributed by atoms with Gasteiger partial charge in [0.1, 0.15) is 0 Å². The SMILES string of the molecule is O=C(O)CCCN(CCn1cnc2c(=O)[nH]cnc21)CCP(=O)(O)O. The van der Waals surface area contributed by atoms with Crippen molar-refractivity contribution in [2.24, 2.45) is 0 Å². The van der Waals surface area contributed by atoms with Crippen LogP contribution in [-0.4, -0.2) is 71.1 Å². The number of hydrogen-bond acceptors (Lipinski definition) is 6. The number of fused-ring (bicyclic) bond motifs is 1. The molecule has 0 spiro atoms. The molecule has 2 aromatic rings. The van der Waals surface area contributed by atoms with E-state index in [0.29, 0.717) is 31.7 Å². The molecule has 0 saturated carbocycles. The Hall–Kier alpha value is -2.07. The molecule has 0 radical (unpaired) electrons. The maximum Gasteiger partial charge on any atom is 0.326 e. The zero-order valence-electron chi connectivity index (χ0n) is 13.4. The van der Waals surface area contributed by atoms with Gasteiger partial charge in [-0.05, 0) is 13.0 Å². The molecule has 0 atom stereocenters. The minimum absolute atomic E-state index is 0.0165. The molecule has 0 aliphatic heterocycles. The van der Waals surface area contributed by atoms with Gasteiger partial charge in [-0.2, -0.15) is 0 Å². The average Bonchev–Trinajstić information content (AvgIpc) is 2.93. The van der Waals surface area contributed by atoms with Gasteiger partial charge >= 0.3 is 13.6 Å². The summed E-state index contributed by atoms with van der Waals surface area (Å²) in [6.45, 7) is 1.36. The molecule has 11 nitrogen and oxygen atoms in total. The van der Waals surface area contributed by atoms with Gasteiger partial charge < -0.3 is 29.3 Å². The number of aromatic amines is 1. The zero-order valence-corrected chi connectivity index (χ0v) is 14.3. The standard InChI is InChI=1S/C13H20N5O6P/c19-10(20)2-1-3-17(6-7-25(22,23)24)4-5-18-9-16-11-12(18)14-8-15-13(11)21/h8-9H,1-7H2,(H,19,20)(H,14,15,21)(H2,22,23,24). The number of aliphatic carboxylic acids is 1. The van der Waals surface area contributed by atoms with Gasteiger partial charge in [-0.25, -0.2) is 9.97 Å². The van der Waals surface area contributed by atoms with Gasteiger partial charge in [0.25, 0.3) is 5.56 Å². The van der Waals surface area contributed by atoms with Crippen molar-refractivity contribution in [1.82, 2.24) is 24.4 Å². The maximum atomic E-state index is 11.6. The quantitative estimate of drug-likeness (QED) is 0.401. The number of carbonyl (C=O) groups is 1. The summed E-state index contributed by atoms with van der Waals surface area (Å²) in [5.41, 5.74) is 0.294. The van der Waals surface area contributed by atoms with E-state index in [1.54, 1.807) is 9.47 Å². The number of hydrogen-bond donors (Lipinski definition) is 4. The lowest BCUT2D eigenvalue weighted by atomic mass is 10.3. The highest BCUT2D eigenvalue weighted by Gasteiger charge is 2.16. The zero-order chi connectivity index (χ0) is 18.4. The van der Waals surface area contributed by atoms with Crippen molar-refractivity contribution in [2.75, 3.05) is 25.8 Å². The molecule has 0 aliphatic carbocycles. The molecule has 0 bridgehead atoms. The number of rotatable bonds is 10. The second-order valence-corrected chi connectivity index (χ2v) is 7.35. The summed E-state index contributed by atoms with van der Waals surface area (Å²) in [4.78, 5) is 52.6. The van der Waals surface area contributed by atoms with E-state index < -0.39 is 13.6 Å². The van der Waals surface area contributed by atoms with E-state index >= 15 is 0 Å². The Morgan fingerprint density at radius 2 is 2.04 bits per heavy atom. The van der Waals surface area contributed by atoms with Gasteiger partial charge in [-0.1, -0.05) is 0 Å². The highest BCUT2D eigenvalue weighted by atomic mass is 31.2. The van der Waals surface area contributed by atoms with E-state index in [1.165, 1.54) is 12.7 Å². The van der Waals surface area contributed by atoms with Crippen LogP contribution in [0.5, 0.6) is 0 Å². The summed E-state index contributed by atoms with van der Waals surface area (Å²) < 4.78 is 12.7. The Bertz CT molecular complexity index is 828. The predicted octanol–water partition coefficient (Wildman–Crippen LogP) is -0.536. The van der Waals surface area contributed by atoms with Crippen LogP contribution in [0.15, 0.2) is 17.4 Å². The van der Waals surface area contributed by atoms with Gasteiger partial charge in [-0.15, -0.1) is 0 Å². The number of nitrogens with zero attached hydrogens (tertiary/aromatic N) is 4. The van der Waals surface area contributed by atoms with Crippen LogP contribution in [0.2, 0.25) is 0 Å². The summed E-state index contributed by atoms with van der Waals surface area (Å²) in [6.07, 6.45) is 2.81. The normalized spacial score (nSPS) is 12.1. The number of aromatic nitrogens is 4. The second kappa shape index (κ2) is 8.34. The molecular formula is C13H20N5O6P. The number of carboxylic acids is 1. The lowest BCUT2D eigenvalue weighted by Crippen LogP contribution is -2.31. The molecule has 2 rings (SSSR count). The lowest BCUT2D eigenvalue weighted by Gasteiger charge is -2.22. The first-order valence-electron chi connectivity index (χ1n) is 7.63. The number of H-pyrrole nitrogens is 1. The van der Waals surface area contributed by atoms with E-state index in [1.807, 2.05) is 0 Å². The first-order valence-corrected chi connectivity index (χ1v) is 9.43. The van der Waals surface area contributed by atoms with Gasteiger partial charge in [-0.3, -0.25) is 14.2 Å². The fourth-order valence-corrected chi connectivity index (χ4v) is 2.91. The van der Waals surface area contributed by atoms with Crippen molar-refractivity contribution in [3.8, 4) is 0 Å². The first kappa shape index (κ1) is 19.3. The maximum absolute atomic E-state index is 11.6. The van der Waals surface area contributed by atoms with Crippen molar-refractivity contribution in [1.29, 1.82) is 0 Å². The molecule has 2 aromatic heterocycles. The summed E-state index contributed by atoms with van der Waals surface area (Å²) >= 11 is 0. The fraction of sp³-hybridized carbons (Fsp3) is 0.538. The van der Waals surface area contributed by atoms with Gasteiger partial charge in [0.2, 0.25) is 0 Å². The van der Waals surface area contributed by atoms with Crippen LogP contribution in [0.3, 0.4) is 0 Å². The van der Waals surface area contributed by atoms with Crippen LogP contribution in [0.25, 0.3) is 11.2 Å². The number of imidazole rings is 1. The van der Waals surface area contributed by atoms with Crippen LogP contribution in [0, 0.1) is 0 Å². The highest BCUT2D eigenvalue weighted by Crippen LogP contribution is 2.33. The van der Waals surface area contributed by atoms with Crippen molar-refractivity contribution >= 4 is 24.7 Å². The highest BCUT2D eigenvalue weighted by molar-refractivity contribution is 7.51. The van der Waals surface area contributed by atoms with E-state index in [-0.39, 0.29) is 30.2 Å². The largest absolute Gasteiger partial charge is 0.481 e. The molecule has 25 heavy (non-hydrogen) atoms. The number of nitrogens with one attached hydrogen (secondary N) is 1. The van der Waals surface area contributed by atoms with Crippen LogP contribution in [0.1, 0.15) is 12.8 Å². The third-order valence-electron chi connectivity index (χ3n) is 3.64. The Labute approximate surface area is 142 Å². The van der Waals surface area contributed by atoms with Crippen molar-refractivity contribution in [3.63, 3.8) is 0 Å². The van der Waals surface area contributed by atoms with E-state index in [0.717, 1.165) is 0 Å². The Morgan fingerprint density at radius 3 is 2.72 bits per heavy atom. The molecule has 4 N–H and O–H groups in total. The van der Waals surface area contributed by atoms with Crippen LogP contribution in [-0.2, 0) is 15.9 Å².